The standard InChI is InChI=1S/C13H13N3O3S/c1-8(17)11-10(12(18)19)15-13(20-11)16(2)7-9-5-3-4-6-14-9/h3-6H,7H2,1-2H3,(H,18,19). The van der Waals surface area contributed by atoms with Gasteiger partial charge >= 0.3 is 5.97 Å². The number of ketones is 1. The molecule has 0 bridgehead atoms. The highest BCUT2D eigenvalue weighted by molar-refractivity contribution is 7.17. The summed E-state index contributed by atoms with van der Waals surface area (Å²) in [6.07, 6.45) is 1.69. The maximum absolute atomic E-state index is 11.4. The zero-order valence-corrected chi connectivity index (χ0v) is 11.8. The minimum absolute atomic E-state index is 0.167. The van der Waals surface area contributed by atoms with E-state index < -0.39 is 5.97 Å². The molecule has 6 nitrogen and oxygen atoms in total. The van der Waals surface area contributed by atoms with E-state index >= 15 is 0 Å². The van der Waals surface area contributed by atoms with E-state index in [1.165, 1.54) is 6.92 Å². The molecule has 2 heterocycles. The highest BCUT2D eigenvalue weighted by Crippen LogP contribution is 2.27. The summed E-state index contributed by atoms with van der Waals surface area (Å²) in [6, 6.07) is 5.57. The topological polar surface area (TPSA) is 83.4 Å². The highest BCUT2D eigenvalue weighted by atomic mass is 32.1. The molecule has 0 aliphatic carbocycles. The zero-order chi connectivity index (χ0) is 14.7. The summed E-state index contributed by atoms with van der Waals surface area (Å²) < 4.78 is 0. The van der Waals surface area contributed by atoms with E-state index in [9.17, 15) is 9.59 Å². The van der Waals surface area contributed by atoms with Crippen molar-refractivity contribution < 1.29 is 14.7 Å². The van der Waals surface area contributed by atoms with E-state index in [0.717, 1.165) is 17.0 Å². The first-order chi connectivity index (χ1) is 9.49. The number of hydrogen-bond donors (Lipinski definition) is 1. The molecule has 0 radical (unpaired) electrons. The van der Waals surface area contributed by atoms with Crippen molar-refractivity contribution in [3.8, 4) is 0 Å². The van der Waals surface area contributed by atoms with Gasteiger partial charge in [0, 0.05) is 20.2 Å². The number of rotatable bonds is 5. The minimum atomic E-state index is -1.19. The molecule has 0 fully saturated rings. The predicted molar refractivity (Wildman–Crippen MR) is 75.4 cm³/mol. The summed E-state index contributed by atoms with van der Waals surface area (Å²) in [5.74, 6) is -1.48. The Labute approximate surface area is 119 Å². The molecule has 0 atom stereocenters. The molecule has 2 aromatic heterocycles. The van der Waals surface area contributed by atoms with Crippen LogP contribution in [0.15, 0.2) is 24.4 Å². The molecule has 20 heavy (non-hydrogen) atoms. The number of carboxylic acids is 1. The van der Waals surface area contributed by atoms with Crippen LogP contribution >= 0.6 is 11.3 Å². The number of pyridine rings is 1. The van der Waals surface area contributed by atoms with Gasteiger partial charge in [0.15, 0.2) is 16.6 Å². The van der Waals surface area contributed by atoms with Gasteiger partial charge in [0.25, 0.3) is 0 Å². The average Bonchev–Trinajstić information content (AvgIpc) is 2.85. The van der Waals surface area contributed by atoms with Crippen LogP contribution in [0.5, 0.6) is 0 Å². The Bertz CT molecular complexity index is 608. The fourth-order valence-electron chi connectivity index (χ4n) is 1.66. The molecular formula is C13H13N3O3S. The number of carbonyl (C=O) groups is 2. The molecule has 0 aliphatic heterocycles. The van der Waals surface area contributed by atoms with Gasteiger partial charge in [0.05, 0.1) is 12.2 Å². The van der Waals surface area contributed by atoms with Crippen molar-refractivity contribution in [1.82, 2.24) is 9.97 Å². The van der Waals surface area contributed by atoms with Gasteiger partial charge in [-0.1, -0.05) is 17.4 Å². The molecule has 0 saturated heterocycles. The van der Waals surface area contributed by atoms with Crippen LogP contribution in [-0.4, -0.2) is 33.9 Å². The lowest BCUT2D eigenvalue weighted by Gasteiger charge is -2.14. The Morgan fingerprint density at radius 2 is 2.15 bits per heavy atom. The van der Waals surface area contributed by atoms with Gasteiger partial charge in [-0.2, -0.15) is 0 Å². The average molecular weight is 291 g/mol. The lowest BCUT2D eigenvalue weighted by atomic mass is 10.3. The fourth-order valence-corrected chi connectivity index (χ4v) is 2.57. The van der Waals surface area contributed by atoms with E-state index in [-0.39, 0.29) is 16.4 Å². The van der Waals surface area contributed by atoms with Crippen molar-refractivity contribution in [1.29, 1.82) is 0 Å². The van der Waals surface area contributed by atoms with E-state index in [1.807, 2.05) is 18.2 Å². The van der Waals surface area contributed by atoms with Crippen LogP contribution in [0, 0.1) is 0 Å². The number of hydrogen-bond acceptors (Lipinski definition) is 6. The maximum atomic E-state index is 11.4. The molecule has 0 spiro atoms. The normalized spacial score (nSPS) is 10.3. The first-order valence-corrected chi connectivity index (χ1v) is 6.66. The number of aromatic carboxylic acids is 1. The Kier molecular flexibility index (Phi) is 4.09. The first-order valence-electron chi connectivity index (χ1n) is 5.85. The van der Waals surface area contributed by atoms with E-state index in [1.54, 1.807) is 18.1 Å². The Balaban J connectivity index is 2.26. The molecule has 7 heteroatoms. The Morgan fingerprint density at radius 3 is 2.65 bits per heavy atom. The number of thiazole rings is 1. The second kappa shape index (κ2) is 5.79. The molecule has 2 aromatic rings. The zero-order valence-electron chi connectivity index (χ0n) is 11.0. The molecule has 0 saturated carbocycles. The summed E-state index contributed by atoms with van der Waals surface area (Å²) in [4.78, 5) is 32.7. The number of nitrogens with zero attached hydrogens (tertiary/aromatic N) is 3. The molecule has 2 rings (SSSR count). The highest BCUT2D eigenvalue weighted by Gasteiger charge is 2.22. The monoisotopic (exact) mass is 291 g/mol. The van der Waals surface area contributed by atoms with E-state index in [0.29, 0.717) is 11.7 Å². The van der Waals surface area contributed by atoms with Crippen molar-refractivity contribution in [3.63, 3.8) is 0 Å². The summed E-state index contributed by atoms with van der Waals surface area (Å²) in [5, 5.41) is 9.54. The smallest absolute Gasteiger partial charge is 0.356 e. The third-order valence-electron chi connectivity index (χ3n) is 2.59. The van der Waals surface area contributed by atoms with Crippen LogP contribution in [0.4, 0.5) is 5.13 Å². The SMILES string of the molecule is CC(=O)c1sc(N(C)Cc2ccccn2)nc1C(=O)O. The van der Waals surface area contributed by atoms with Gasteiger partial charge in [0.2, 0.25) is 0 Å². The summed E-state index contributed by atoms with van der Waals surface area (Å²) >= 11 is 1.08. The number of carboxylic acid groups (broad SMARTS) is 1. The van der Waals surface area contributed by atoms with E-state index in [2.05, 4.69) is 9.97 Å². The molecule has 104 valence electrons. The number of Topliss-reactive ketones (excluding diaryl/α,β-unsaturated/α-hetero) is 1. The predicted octanol–water partition coefficient (Wildman–Crippen LogP) is 2.08. The molecule has 0 aliphatic rings. The molecular weight excluding hydrogens is 278 g/mol. The van der Waals surface area contributed by atoms with Crippen LogP contribution in [0.1, 0.15) is 32.8 Å². The van der Waals surface area contributed by atoms with Crippen LogP contribution in [0.25, 0.3) is 0 Å². The maximum Gasteiger partial charge on any atom is 0.356 e. The van der Waals surface area contributed by atoms with Gasteiger partial charge in [-0.25, -0.2) is 9.78 Å². The van der Waals surface area contributed by atoms with Crippen molar-refractivity contribution in [2.75, 3.05) is 11.9 Å². The van der Waals surface area contributed by atoms with Crippen LogP contribution < -0.4 is 4.90 Å². The van der Waals surface area contributed by atoms with Gasteiger partial charge in [0.1, 0.15) is 4.88 Å². The van der Waals surface area contributed by atoms with Crippen LogP contribution in [0.3, 0.4) is 0 Å². The lowest BCUT2D eigenvalue weighted by Crippen LogP contribution is -2.17. The third kappa shape index (κ3) is 3.00. The van der Waals surface area contributed by atoms with Crippen molar-refractivity contribution >= 4 is 28.2 Å². The fraction of sp³-hybridized carbons (Fsp3) is 0.231. The number of carbonyl (C=O) groups excluding carboxylic acids is 1. The molecule has 0 aromatic carbocycles. The summed E-state index contributed by atoms with van der Waals surface area (Å²) in [5.41, 5.74) is 0.650. The van der Waals surface area contributed by atoms with Gasteiger partial charge in [-0.3, -0.25) is 9.78 Å². The van der Waals surface area contributed by atoms with Gasteiger partial charge in [-0.05, 0) is 12.1 Å². The minimum Gasteiger partial charge on any atom is -0.476 e. The Hall–Kier alpha value is -2.28. The summed E-state index contributed by atoms with van der Waals surface area (Å²) in [7, 11) is 1.78. The first kappa shape index (κ1) is 14.1. The van der Waals surface area contributed by atoms with Crippen molar-refractivity contribution in [3.05, 3.63) is 40.7 Å². The third-order valence-corrected chi connectivity index (χ3v) is 3.86. The molecule has 1 N–H and O–H groups in total. The van der Waals surface area contributed by atoms with Gasteiger partial charge in [-0.15, -0.1) is 0 Å². The van der Waals surface area contributed by atoms with Crippen LogP contribution in [-0.2, 0) is 6.54 Å². The lowest BCUT2D eigenvalue weighted by molar-refractivity contribution is 0.0687. The van der Waals surface area contributed by atoms with Gasteiger partial charge < -0.3 is 10.0 Å². The number of anilines is 1. The second-order valence-electron chi connectivity index (χ2n) is 4.21. The van der Waals surface area contributed by atoms with Crippen molar-refractivity contribution in [2.45, 2.75) is 13.5 Å². The molecule has 0 amide bonds. The van der Waals surface area contributed by atoms with Crippen LogP contribution in [0.2, 0.25) is 0 Å². The quantitative estimate of drug-likeness (QED) is 0.849. The van der Waals surface area contributed by atoms with Crippen molar-refractivity contribution in [2.24, 2.45) is 0 Å². The largest absolute Gasteiger partial charge is 0.476 e. The summed E-state index contributed by atoms with van der Waals surface area (Å²) in [6.45, 7) is 1.83. The second-order valence-corrected chi connectivity index (χ2v) is 5.19. The number of aromatic nitrogens is 2. The molecule has 0 unspecified atom stereocenters. The van der Waals surface area contributed by atoms with E-state index in [4.69, 9.17) is 5.11 Å². The Morgan fingerprint density at radius 1 is 1.40 bits per heavy atom.